The van der Waals surface area contributed by atoms with Crippen molar-refractivity contribution in [1.29, 1.82) is 0 Å². The Hall–Kier alpha value is -0.960. The van der Waals surface area contributed by atoms with Crippen LogP contribution in [0.5, 0.6) is 0 Å². The Morgan fingerprint density at radius 1 is 1.30 bits per heavy atom. The summed E-state index contributed by atoms with van der Waals surface area (Å²) < 4.78 is 6.71. The van der Waals surface area contributed by atoms with Crippen LogP contribution in [0.2, 0.25) is 0 Å². The molecule has 1 spiro atoms. The molecule has 0 amide bonds. The molecule has 0 aromatic heterocycles. The minimum absolute atomic E-state index is 0.0654. The van der Waals surface area contributed by atoms with Gasteiger partial charge < -0.3 is 9.53 Å². The molecule has 5 aliphatic carbocycles. The van der Waals surface area contributed by atoms with E-state index in [0.717, 1.165) is 61.2 Å². The Morgan fingerprint density at radius 3 is 2.93 bits per heavy atom. The Balaban J connectivity index is 1.34. The SMILES string of the molecule is CC[C@H]1CC2=CC(=O)CCC2C2CCC34O[C@@]3(CCC(C)=O)[C@@H]3CC3C4C21. The predicted octanol–water partition coefficient (Wildman–Crippen LogP) is 4.49. The van der Waals surface area contributed by atoms with Gasteiger partial charge in [0.25, 0.3) is 0 Å². The summed E-state index contributed by atoms with van der Waals surface area (Å²) in [5.41, 5.74) is 1.67. The van der Waals surface area contributed by atoms with Gasteiger partial charge in [-0.15, -0.1) is 0 Å². The van der Waals surface area contributed by atoms with Crippen LogP contribution in [0.1, 0.15) is 71.6 Å². The highest BCUT2D eigenvalue weighted by Crippen LogP contribution is 2.83. The Bertz CT molecular complexity index is 753. The monoisotopic (exact) mass is 368 g/mol. The molecule has 1 heterocycles. The summed E-state index contributed by atoms with van der Waals surface area (Å²) in [4.78, 5) is 23.7. The molecule has 3 heteroatoms. The highest BCUT2D eigenvalue weighted by Gasteiger charge is 2.89. The first-order valence-electron chi connectivity index (χ1n) is 11.4. The van der Waals surface area contributed by atoms with Gasteiger partial charge in [0.2, 0.25) is 0 Å². The zero-order valence-electron chi connectivity index (χ0n) is 16.7. The first-order valence-corrected chi connectivity index (χ1v) is 11.4. The molecule has 0 bridgehead atoms. The van der Waals surface area contributed by atoms with E-state index in [0.29, 0.717) is 23.9 Å². The zero-order chi connectivity index (χ0) is 18.6. The molecule has 4 saturated carbocycles. The first-order chi connectivity index (χ1) is 13.0. The fourth-order valence-corrected chi connectivity index (χ4v) is 8.74. The number of ether oxygens (including phenoxy) is 1. The quantitative estimate of drug-likeness (QED) is 0.687. The van der Waals surface area contributed by atoms with Gasteiger partial charge in [0, 0.05) is 12.8 Å². The molecule has 1 aliphatic heterocycles. The van der Waals surface area contributed by atoms with Crippen molar-refractivity contribution in [3.05, 3.63) is 11.6 Å². The highest BCUT2D eigenvalue weighted by atomic mass is 16.6. The van der Waals surface area contributed by atoms with Gasteiger partial charge in [0.15, 0.2) is 5.78 Å². The van der Waals surface area contributed by atoms with E-state index in [2.05, 4.69) is 6.92 Å². The van der Waals surface area contributed by atoms with E-state index in [1.165, 1.54) is 31.3 Å². The van der Waals surface area contributed by atoms with Crippen molar-refractivity contribution < 1.29 is 14.3 Å². The third-order valence-corrected chi connectivity index (χ3v) is 9.69. The minimum atomic E-state index is 0.0654. The standard InChI is InChI=1S/C24H32O3/c1-3-14-10-15-11-16(26)4-5-17(15)18-7-9-24-22(21(14)18)19-12-20(19)23(24,27-24)8-6-13(2)25/h11,14,17-22H,3-10,12H2,1-2H3/t14-,17?,18?,19?,20+,21?,22?,23-,24?/m0/s1. The van der Waals surface area contributed by atoms with E-state index in [1.54, 1.807) is 6.92 Å². The predicted molar refractivity (Wildman–Crippen MR) is 102 cm³/mol. The van der Waals surface area contributed by atoms with Crippen molar-refractivity contribution in [2.75, 3.05) is 0 Å². The summed E-state index contributed by atoms with van der Waals surface area (Å²) in [6, 6.07) is 0. The van der Waals surface area contributed by atoms with Crippen molar-refractivity contribution in [2.45, 2.75) is 82.8 Å². The number of allylic oxidation sites excluding steroid dienone is 1. The molecule has 5 fully saturated rings. The van der Waals surface area contributed by atoms with Crippen LogP contribution in [-0.4, -0.2) is 22.8 Å². The molecule has 6 rings (SSSR count). The Kier molecular flexibility index (Phi) is 3.35. The third-order valence-electron chi connectivity index (χ3n) is 9.69. The van der Waals surface area contributed by atoms with Crippen molar-refractivity contribution in [3.63, 3.8) is 0 Å². The molecule has 1 saturated heterocycles. The molecule has 6 unspecified atom stereocenters. The number of carbonyl (C=O) groups excluding carboxylic acids is 2. The lowest BCUT2D eigenvalue weighted by atomic mass is 9.50. The van der Waals surface area contributed by atoms with Gasteiger partial charge in [-0.1, -0.05) is 18.9 Å². The summed E-state index contributed by atoms with van der Waals surface area (Å²) in [6.07, 6.45) is 11.7. The fourth-order valence-electron chi connectivity index (χ4n) is 8.74. The van der Waals surface area contributed by atoms with Crippen LogP contribution in [0.15, 0.2) is 11.6 Å². The molecule has 3 nitrogen and oxygen atoms in total. The van der Waals surface area contributed by atoms with Gasteiger partial charge in [0.05, 0.1) is 0 Å². The molecule has 9 atom stereocenters. The minimum Gasteiger partial charge on any atom is -0.362 e. The molecular formula is C24H32O3. The van der Waals surface area contributed by atoms with E-state index in [4.69, 9.17) is 4.74 Å². The van der Waals surface area contributed by atoms with E-state index >= 15 is 0 Å². The molecule has 146 valence electrons. The van der Waals surface area contributed by atoms with E-state index < -0.39 is 0 Å². The van der Waals surface area contributed by atoms with Gasteiger partial charge >= 0.3 is 0 Å². The molecule has 0 radical (unpaired) electrons. The summed E-state index contributed by atoms with van der Waals surface area (Å²) in [5, 5.41) is 0. The van der Waals surface area contributed by atoms with Crippen LogP contribution in [0.3, 0.4) is 0 Å². The fraction of sp³-hybridized carbons (Fsp3) is 0.833. The second-order valence-electron chi connectivity index (χ2n) is 10.6. The topological polar surface area (TPSA) is 46.7 Å². The van der Waals surface area contributed by atoms with Gasteiger partial charge in [0.1, 0.15) is 17.0 Å². The smallest absolute Gasteiger partial charge is 0.155 e. The first kappa shape index (κ1) is 16.9. The molecule has 0 aromatic rings. The summed E-state index contributed by atoms with van der Waals surface area (Å²) >= 11 is 0. The van der Waals surface area contributed by atoms with Crippen molar-refractivity contribution in [3.8, 4) is 0 Å². The molecule has 0 aromatic carbocycles. The van der Waals surface area contributed by atoms with Crippen LogP contribution < -0.4 is 0 Å². The average Bonchev–Trinajstić information content (AvgIpc) is 3.54. The Labute approximate surface area is 162 Å². The van der Waals surface area contributed by atoms with Crippen molar-refractivity contribution in [2.24, 2.45) is 41.4 Å². The second-order valence-corrected chi connectivity index (χ2v) is 10.6. The largest absolute Gasteiger partial charge is 0.362 e. The molecule has 27 heavy (non-hydrogen) atoms. The number of Topliss-reactive ketones (excluding diaryl/α,β-unsaturated/α-hetero) is 1. The summed E-state index contributed by atoms with van der Waals surface area (Å²) in [7, 11) is 0. The lowest BCUT2D eigenvalue weighted by molar-refractivity contribution is -0.117. The van der Waals surface area contributed by atoms with Gasteiger partial charge in [-0.05, 0) is 93.0 Å². The Morgan fingerprint density at radius 2 is 2.15 bits per heavy atom. The summed E-state index contributed by atoms with van der Waals surface area (Å²) in [6.45, 7) is 4.08. The average molecular weight is 369 g/mol. The summed E-state index contributed by atoms with van der Waals surface area (Å²) in [5.74, 6) is 5.96. The number of carbonyl (C=O) groups is 2. The molecular weight excluding hydrogens is 336 g/mol. The maximum absolute atomic E-state index is 12.0. The van der Waals surface area contributed by atoms with Gasteiger partial charge in [-0.25, -0.2) is 0 Å². The number of hydrogen-bond donors (Lipinski definition) is 0. The normalized spacial score (nSPS) is 54.1. The number of epoxide rings is 1. The van der Waals surface area contributed by atoms with Crippen LogP contribution in [0, 0.1) is 41.4 Å². The zero-order valence-corrected chi connectivity index (χ0v) is 16.7. The van der Waals surface area contributed by atoms with Crippen LogP contribution >= 0.6 is 0 Å². The van der Waals surface area contributed by atoms with Crippen LogP contribution in [0.4, 0.5) is 0 Å². The number of hydrogen-bond acceptors (Lipinski definition) is 3. The number of rotatable bonds is 4. The van der Waals surface area contributed by atoms with Crippen LogP contribution in [-0.2, 0) is 14.3 Å². The molecule has 0 N–H and O–H groups in total. The number of ketones is 2. The number of fused-ring (bicyclic) bond motifs is 7. The maximum Gasteiger partial charge on any atom is 0.155 e. The molecule has 6 aliphatic rings. The van der Waals surface area contributed by atoms with Crippen molar-refractivity contribution in [1.82, 2.24) is 0 Å². The van der Waals surface area contributed by atoms with Gasteiger partial charge in [-0.2, -0.15) is 0 Å². The maximum atomic E-state index is 12.0. The van der Waals surface area contributed by atoms with Crippen molar-refractivity contribution >= 4 is 11.6 Å². The van der Waals surface area contributed by atoms with Crippen LogP contribution in [0.25, 0.3) is 0 Å². The highest BCUT2D eigenvalue weighted by molar-refractivity contribution is 5.91. The third kappa shape index (κ3) is 2.02. The lowest BCUT2D eigenvalue weighted by Crippen LogP contribution is -2.51. The lowest BCUT2D eigenvalue weighted by Gasteiger charge is -2.53. The van der Waals surface area contributed by atoms with E-state index in [9.17, 15) is 9.59 Å². The van der Waals surface area contributed by atoms with Gasteiger partial charge in [-0.3, -0.25) is 4.79 Å². The van der Waals surface area contributed by atoms with E-state index in [-0.39, 0.29) is 11.2 Å². The second kappa shape index (κ2) is 5.34. The van der Waals surface area contributed by atoms with E-state index in [1.807, 2.05) is 6.08 Å².